The Morgan fingerprint density at radius 3 is 2.33 bits per heavy atom. The molecule has 0 aliphatic rings. The molecule has 2 rings (SSSR count). The SMILES string of the molecule is O=C(N/N=C/c1cc(Br)c(O)c(Br)c1)c1ccccc1Br. The van der Waals surface area contributed by atoms with Gasteiger partial charge in [0.2, 0.25) is 0 Å². The van der Waals surface area contributed by atoms with Gasteiger partial charge in [-0.2, -0.15) is 5.10 Å². The van der Waals surface area contributed by atoms with Gasteiger partial charge < -0.3 is 5.11 Å². The number of amides is 1. The number of carbonyl (C=O) groups excluding carboxylic acids is 1. The topological polar surface area (TPSA) is 61.7 Å². The Bertz CT molecular complexity index is 694. The van der Waals surface area contributed by atoms with Crippen molar-refractivity contribution >= 4 is 59.9 Å². The molecule has 0 aliphatic carbocycles. The van der Waals surface area contributed by atoms with E-state index >= 15 is 0 Å². The van der Waals surface area contributed by atoms with E-state index in [4.69, 9.17) is 0 Å². The van der Waals surface area contributed by atoms with Gasteiger partial charge in [-0.1, -0.05) is 12.1 Å². The highest BCUT2D eigenvalue weighted by Gasteiger charge is 2.08. The Hall–Kier alpha value is -1.18. The average Bonchev–Trinajstić information content (AvgIpc) is 2.45. The molecule has 7 heteroatoms. The van der Waals surface area contributed by atoms with Crippen LogP contribution in [0.3, 0.4) is 0 Å². The Labute approximate surface area is 146 Å². The number of nitrogens with zero attached hydrogens (tertiary/aromatic N) is 1. The van der Waals surface area contributed by atoms with Gasteiger partial charge in [-0.05, 0) is 77.6 Å². The standard InChI is InChI=1S/C14H9Br3N2O2/c15-10-4-2-1-3-9(10)14(21)19-18-7-8-5-11(16)13(20)12(17)6-8/h1-7,20H,(H,19,21)/b18-7+. The first kappa shape index (κ1) is 16.2. The monoisotopic (exact) mass is 474 g/mol. The van der Waals surface area contributed by atoms with E-state index in [9.17, 15) is 9.90 Å². The summed E-state index contributed by atoms with van der Waals surface area (Å²) in [5, 5.41) is 13.5. The first-order chi connectivity index (χ1) is 9.99. The molecule has 2 N–H and O–H groups in total. The smallest absolute Gasteiger partial charge is 0.272 e. The van der Waals surface area contributed by atoms with Crippen LogP contribution in [-0.4, -0.2) is 17.2 Å². The average molecular weight is 477 g/mol. The summed E-state index contributed by atoms with van der Waals surface area (Å²) in [5.74, 6) is -0.194. The number of nitrogens with one attached hydrogen (secondary N) is 1. The minimum atomic E-state index is -0.310. The van der Waals surface area contributed by atoms with E-state index in [0.29, 0.717) is 19.0 Å². The molecule has 2 aromatic carbocycles. The van der Waals surface area contributed by atoms with E-state index in [1.54, 1.807) is 30.3 Å². The molecule has 1 amide bonds. The van der Waals surface area contributed by atoms with Crippen LogP contribution in [0.15, 0.2) is 54.9 Å². The van der Waals surface area contributed by atoms with Crippen LogP contribution in [0.2, 0.25) is 0 Å². The maximum atomic E-state index is 11.9. The van der Waals surface area contributed by atoms with Crippen LogP contribution in [0.4, 0.5) is 0 Å². The van der Waals surface area contributed by atoms with Gasteiger partial charge in [0.15, 0.2) is 0 Å². The lowest BCUT2D eigenvalue weighted by Crippen LogP contribution is -2.18. The van der Waals surface area contributed by atoms with E-state index in [1.807, 2.05) is 6.07 Å². The van der Waals surface area contributed by atoms with Gasteiger partial charge in [-0.25, -0.2) is 5.43 Å². The van der Waals surface area contributed by atoms with Gasteiger partial charge in [-0.15, -0.1) is 0 Å². The molecule has 0 radical (unpaired) electrons. The molecule has 21 heavy (non-hydrogen) atoms. The first-order valence-corrected chi connectivity index (χ1v) is 8.13. The molecule has 0 atom stereocenters. The van der Waals surface area contributed by atoms with Crippen molar-refractivity contribution in [2.45, 2.75) is 0 Å². The molecular formula is C14H9Br3N2O2. The van der Waals surface area contributed by atoms with Crippen molar-refractivity contribution in [1.82, 2.24) is 5.43 Å². The second-order valence-electron chi connectivity index (χ2n) is 4.01. The van der Waals surface area contributed by atoms with Crippen molar-refractivity contribution in [3.63, 3.8) is 0 Å². The molecule has 0 saturated carbocycles. The third-order valence-electron chi connectivity index (χ3n) is 2.54. The van der Waals surface area contributed by atoms with Crippen LogP contribution in [0.25, 0.3) is 0 Å². The van der Waals surface area contributed by atoms with Crippen LogP contribution in [0.5, 0.6) is 5.75 Å². The van der Waals surface area contributed by atoms with Gasteiger partial charge in [0.05, 0.1) is 20.7 Å². The zero-order valence-electron chi connectivity index (χ0n) is 10.5. The summed E-state index contributed by atoms with van der Waals surface area (Å²) in [4.78, 5) is 11.9. The fourth-order valence-corrected chi connectivity index (χ4v) is 3.22. The highest BCUT2D eigenvalue weighted by atomic mass is 79.9. The van der Waals surface area contributed by atoms with Crippen LogP contribution >= 0.6 is 47.8 Å². The number of phenolic OH excluding ortho intramolecular Hbond substituents is 1. The molecule has 0 heterocycles. The van der Waals surface area contributed by atoms with Crippen molar-refractivity contribution in [3.05, 3.63) is 60.9 Å². The molecule has 0 saturated heterocycles. The van der Waals surface area contributed by atoms with E-state index in [-0.39, 0.29) is 11.7 Å². The molecule has 0 aromatic heterocycles. The second kappa shape index (κ2) is 7.20. The van der Waals surface area contributed by atoms with Crippen LogP contribution in [0, 0.1) is 0 Å². The summed E-state index contributed by atoms with van der Waals surface area (Å²) in [7, 11) is 0. The van der Waals surface area contributed by atoms with E-state index in [2.05, 4.69) is 58.3 Å². The van der Waals surface area contributed by atoms with Crippen molar-refractivity contribution in [2.75, 3.05) is 0 Å². The summed E-state index contributed by atoms with van der Waals surface area (Å²) in [6.07, 6.45) is 1.49. The number of rotatable bonds is 3. The molecular weight excluding hydrogens is 468 g/mol. The Morgan fingerprint density at radius 2 is 1.71 bits per heavy atom. The van der Waals surface area contributed by atoms with Crippen molar-refractivity contribution < 1.29 is 9.90 Å². The summed E-state index contributed by atoms with van der Waals surface area (Å²) in [6, 6.07) is 10.5. The maximum absolute atomic E-state index is 11.9. The van der Waals surface area contributed by atoms with Crippen molar-refractivity contribution in [1.29, 1.82) is 0 Å². The molecule has 0 fully saturated rings. The lowest BCUT2D eigenvalue weighted by Gasteiger charge is -2.03. The Kier molecular flexibility index (Phi) is 5.55. The predicted molar refractivity (Wildman–Crippen MR) is 92.7 cm³/mol. The molecule has 108 valence electrons. The highest BCUT2D eigenvalue weighted by molar-refractivity contribution is 9.11. The number of benzene rings is 2. The molecule has 0 bridgehead atoms. The minimum Gasteiger partial charge on any atom is -0.506 e. The number of phenols is 1. The summed E-state index contributed by atoms with van der Waals surface area (Å²) >= 11 is 9.77. The van der Waals surface area contributed by atoms with E-state index < -0.39 is 0 Å². The first-order valence-electron chi connectivity index (χ1n) is 5.75. The molecule has 0 spiro atoms. The number of hydrazone groups is 1. The van der Waals surface area contributed by atoms with Crippen molar-refractivity contribution in [3.8, 4) is 5.75 Å². The Balaban J connectivity index is 2.10. The minimum absolute atomic E-state index is 0.115. The highest BCUT2D eigenvalue weighted by Crippen LogP contribution is 2.32. The van der Waals surface area contributed by atoms with Crippen LogP contribution < -0.4 is 5.43 Å². The lowest BCUT2D eigenvalue weighted by atomic mass is 10.2. The maximum Gasteiger partial charge on any atom is 0.272 e. The largest absolute Gasteiger partial charge is 0.506 e. The number of aromatic hydroxyl groups is 1. The summed E-state index contributed by atoms with van der Waals surface area (Å²) < 4.78 is 1.78. The quantitative estimate of drug-likeness (QED) is 0.508. The van der Waals surface area contributed by atoms with Crippen LogP contribution in [0.1, 0.15) is 15.9 Å². The van der Waals surface area contributed by atoms with E-state index in [0.717, 1.165) is 5.56 Å². The fourth-order valence-electron chi connectivity index (χ4n) is 1.53. The second-order valence-corrected chi connectivity index (χ2v) is 6.58. The molecule has 0 unspecified atom stereocenters. The van der Waals surface area contributed by atoms with Gasteiger partial charge in [0, 0.05) is 4.47 Å². The normalized spacial score (nSPS) is 10.8. The lowest BCUT2D eigenvalue weighted by molar-refractivity contribution is 0.0954. The van der Waals surface area contributed by atoms with Crippen molar-refractivity contribution in [2.24, 2.45) is 5.10 Å². The molecule has 2 aromatic rings. The summed E-state index contributed by atoms with van der Waals surface area (Å²) in [6.45, 7) is 0. The number of halogens is 3. The van der Waals surface area contributed by atoms with Crippen LogP contribution in [-0.2, 0) is 0 Å². The predicted octanol–water partition coefficient (Wildman–Crippen LogP) is 4.44. The number of carbonyl (C=O) groups is 1. The summed E-state index contributed by atoms with van der Waals surface area (Å²) in [5.41, 5.74) is 3.67. The van der Waals surface area contributed by atoms with Gasteiger partial charge in [-0.3, -0.25) is 4.79 Å². The number of hydrogen-bond acceptors (Lipinski definition) is 3. The zero-order valence-corrected chi connectivity index (χ0v) is 15.2. The third-order valence-corrected chi connectivity index (χ3v) is 4.44. The third kappa shape index (κ3) is 4.15. The van der Waals surface area contributed by atoms with E-state index in [1.165, 1.54) is 6.21 Å². The molecule has 4 nitrogen and oxygen atoms in total. The fraction of sp³-hybridized carbons (Fsp3) is 0. The van der Waals surface area contributed by atoms with Gasteiger partial charge >= 0.3 is 0 Å². The van der Waals surface area contributed by atoms with Gasteiger partial charge in [0.25, 0.3) is 5.91 Å². The zero-order chi connectivity index (χ0) is 15.4. The molecule has 0 aliphatic heterocycles. The van der Waals surface area contributed by atoms with Gasteiger partial charge in [0.1, 0.15) is 5.75 Å². The number of hydrogen-bond donors (Lipinski definition) is 2. The Morgan fingerprint density at radius 1 is 1.10 bits per heavy atom.